The fraction of sp³-hybridized carbons (Fsp3) is 0.714. The van der Waals surface area contributed by atoms with Gasteiger partial charge in [0, 0.05) is 25.6 Å². The maximum Gasteiger partial charge on any atom is 0.145 e. The van der Waals surface area contributed by atoms with Crippen LogP contribution in [0.4, 0.5) is 11.6 Å². The van der Waals surface area contributed by atoms with E-state index in [4.69, 9.17) is 5.84 Å². The summed E-state index contributed by atoms with van der Waals surface area (Å²) in [5, 5.41) is 0. The summed E-state index contributed by atoms with van der Waals surface area (Å²) in [7, 11) is 2.13. The van der Waals surface area contributed by atoms with Gasteiger partial charge < -0.3 is 10.3 Å². The molecule has 0 aromatic carbocycles. The van der Waals surface area contributed by atoms with Crippen molar-refractivity contribution in [1.29, 1.82) is 0 Å². The zero-order valence-electron chi connectivity index (χ0n) is 12.2. The Labute approximate surface area is 115 Å². The standard InChI is InChI=1S/C14H25N5/c1-4-12-16-13(18-15)9-14(17-12)19(3)11-7-5-10(2)6-8-11/h9-11H,4-8,15H2,1-3H3,(H,16,17,18). The smallest absolute Gasteiger partial charge is 0.145 e. The Kier molecular flexibility index (Phi) is 4.58. The number of nitrogens with zero attached hydrogens (tertiary/aromatic N) is 3. The number of hydrogen-bond donors (Lipinski definition) is 2. The third kappa shape index (κ3) is 3.35. The average molecular weight is 263 g/mol. The quantitative estimate of drug-likeness (QED) is 0.644. The van der Waals surface area contributed by atoms with Gasteiger partial charge in [-0.15, -0.1) is 0 Å². The van der Waals surface area contributed by atoms with Crippen molar-refractivity contribution in [2.45, 2.75) is 52.0 Å². The van der Waals surface area contributed by atoms with Gasteiger partial charge in [-0.3, -0.25) is 0 Å². The molecule has 0 spiro atoms. The number of nitrogens with one attached hydrogen (secondary N) is 1. The molecular weight excluding hydrogens is 238 g/mol. The first kappa shape index (κ1) is 14.1. The highest BCUT2D eigenvalue weighted by atomic mass is 15.3. The number of nitrogens with two attached hydrogens (primary N) is 1. The fourth-order valence-corrected chi connectivity index (χ4v) is 2.71. The van der Waals surface area contributed by atoms with Crippen LogP contribution in [0.3, 0.4) is 0 Å². The molecule has 1 saturated carbocycles. The second kappa shape index (κ2) is 6.19. The minimum absolute atomic E-state index is 0.585. The van der Waals surface area contributed by atoms with E-state index in [1.807, 2.05) is 6.07 Å². The molecule has 19 heavy (non-hydrogen) atoms. The van der Waals surface area contributed by atoms with Gasteiger partial charge in [-0.25, -0.2) is 15.8 Å². The molecule has 0 atom stereocenters. The molecule has 1 aromatic rings. The van der Waals surface area contributed by atoms with E-state index in [0.717, 1.165) is 24.0 Å². The molecule has 106 valence electrons. The van der Waals surface area contributed by atoms with Gasteiger partial charge in [0.2, 0.25) is 0 Å². The van der Waals surface area contributed by atoms with E-state index in [-0.39, 0.29) is 0 Å². The first-order chi connectivity index (χ1) is 9.13. The number of rotatable bonds is 4. The van der Waals surface area contributed by atoms with Gasteiger partial charge in [0.1, 0.15) is 17.5 Å². The zero-order valence-corrected chi connectivity index (χ0v) is 12.2. The third-order valence-corrected chi connectivity index (χ3v) is 4.12. The molecule has 0 radical (unpaired) electrons. The molecule has 5 nitrogen and oxygen atoms in total. The minimum atomic E-state index is 0.585. The Morgan fingerprint density at radius 2 is 2.00 bits per heavy atom. The molecule has 0 unspecified atom stereocenters. The minimum Gasteiger partial charge on any atom is -0.357 e. The molecule has 1 fully saturated rings. The van der Waals surface area contributed by atoms with Gasteiger partial charge in [-0.2, -0.15) is 0 Å². The summed E-state index contributed by atoms with van der Waals surface area (Å²) in [6.07, 6.45) is 5.92. The van der Waals surface area contributed by atoms with Crippen molar-refractivity contribution in [1.82, 2.24) is 9.97 Å². The number of hydrazine groups is 1. The predicted molar refractivity (Wildman–Crippen MR) is 79.0 cm³/mol. The number of aromatic nitrogens is 2. The lowest BCUT2D eigenvalue weighted by Gasteiger charge is -2.34. The predicted octanol–water partition coefficient (Wildman–Crippen LogP) is 2.34. The van der Waals surface area contributed by atoms with Gasteiger partial charge in [0.05, 0.1) is 0 Å². The van der Waals surface area contributed by atoms with Crippen molar-refractivity contribution in [3.63, 3.8) is 0 Å². The molecule has 1 aromatic heterocycles. The van der Waals surface area contributed by atoms with Gasteiger partial charge in [0.15, 0.2) is 0 Å². The number of hydrogen-bond acceptors (Lipinski definition) is 5. The summed E-state index contributed by atoms with van der Waals surface area (Å²) in [4.78, 5) is 11.2. The Morgan fingerprint density at radius 1 is 1.32 bits per heavy atom. The highest BCUT2D eigenvalue weighted by Crippen LogP contribution is 2.29. The second-order valence-electron chi connectivity index (χ2n) is 5.55. The first-order valence-electron chi connectivity index (χ1n) is 7.21. The average Bonchev–Trinajstić information content (AvgIpc) is 2.46. The summed E-state index contributed by atoms with van der Waals surface area (Å²) < 4.78 is 0. The van der Waals surface area contributed by atoms with Crippen LogP contribution in [0.15, 0.2) is 6.07 Å². The topological polar surface area (TPSA) is 67.1 Å². The van der Waals surface area contributed by atoms with Crippen LogP contribution in [0.1, 0.15) is 45.4 Å². The second-order valence-corrected chi connectivity index (χ2v) is 5.55. The van der Waals surface area contributed by atoms with Gasteiger partial charge >= 0.3 is 0 Å². The van der Waals surface area contributed by atoms with E-state index in [9.17, 15) is 0 Å². The molecule has 1 aliphatic rings. The maximum absolute atomic E-state index is 5.48. The molecule has 0 amide bonds. The van der Waals surface area contributed by atoms with Gasteiger partial charge in [0.25, 0.3) is 0 Å². The van der Waals surface area contributed by atoms with Gasteiger partial charge in [-0.1, -0.05) is 13.8 Å². The van der Waals surface area contributed by atoms with Crippen molar-refractivity contribution < 1.29 is 0 Å². The molecule has 0 bridgehead atoms. The molecular formula is C14H25N5. The Hall–Kier alpha value is -1.36. The van der Waals surface area contributed by atoms with Crippen molar-refractivity contribution in [2.75, 3.05) is 17.4 Å². The van der Waals surface area contributed by atoms with Gasteiger partial charge in [-0.05, 0) is 31.6 Å². The molecule has 3 N–H and O–H groups in total. The highest BCUT2D eigenvalue weighted by Gasteiger charge is 2.23. The number of nitrogen functional groups attached to an aromatic ring is 1. The summed E-state index contributed by atoms with van der Waals surface area (Å²) in [5.41, 5.74) is 2.63. The summed E-state index contributed by atoms with van der Waals surface area (Å²) >= 11 is 0. The molecule has 1 aliphatic carbocycles. The Balaban J connectivity index is 2.15. The van der Waals surface area contributed by atoms with E-state index in [1.54, 1.807) is 0 Å². The van der Waals surface area contributed by atoms with Crippen LogP contribution >= 0.6 is 0 Å². The largest absolute Gasteiger partial charge is 0.357 e. The monoisotopic (exact) mass is 263 g/mol. The molecule has 2 rings (SSSR count). The van der Waals surface area contributed by atoms with Crippen molar-refractivity contribution in [2.24, 2.45) is 11.8 Å². The van der Waals surface area contributed by atoms with Crippen LogP contribution in [0.25, 0.3) is 0 Å². The SMILES string of the molecule is CCc1nc(NN)cc(N(C)C2CCC(C)CC2)n1. The maximum atomic E-state index is 5.48. The van der Waals surface area contributed by atoms with E-state index < -0.39 is 0 Å². The number of aryl methyl sites for hydroxylation is 1. The van der Waals surface area contributed by atoms with Crippen LogP contribution in [-0.2, 0) is 6.42 Å². The lowest BCUT2D eigenvalue weighted by Crippen LogP contribution is -2.35. The molecule has 0 aliphatic heterocycles. The Morgan fingerprint density at radius 3 is 2.58 bits per heavy atom. The summed E-state index contributed by atoms with van der Waals surface area (Å²) in [5.74, 6) is 8.84. The van der Waals surface area contributed by atoms with Crippen LogP contribution in [0.2, 0.25) is 0 Å². The van der Waals surface area contributed by atoms with Crippen molar-refractivity contribution >= 4 is 11.6 Å². The highest BCUT2D eigenvalue weighted by molar-refractivity contribution is 5.49. The summed E-state index contributed by atoms with van der Waals surface area (Å²) in [6.45, 7) is 4.40. The normalized spacial score (nSPS) is 23.2. The van der Waals surface area contributed by atoms with E-state index in [0.29, 0.717) is 11.9 Å². The first-order valence-corrected chi connectivity index (χ1v) is 7.21. The van der Waals surface area contributed by atoms with Crippen molar-refractivity contribution in [3.05, 3.63) is 11.9 Å². The van der Waals surface area contributed by atoms with Crippen LogP contribution in [-0.4, -0.2) is 23.1 Å². The molecule has 5 heteroatoms. The van der Waals surface area contributed by atoms with E-state index in [1.165, 1.54) is 25.7 Å². The molecule has 1 heterocycles. The van der Waals surface area contributed by atoms with Crippen LogP contribution in [0.5, 0.6) is 0 Å². The lowest BCUT2D eigenvalue weighted by molar-refractivity contribution is 0.340. The number of anilines is 2. The lowest BCUT2D eigenvalue weighted by atomic mass is 9.87. The van der Waals surface area contributed by atoms with E-state index in [2.05, 4.69) is 41.2 Å². The van der Waals surface area contributed by atoms with Crippen LogP contribution in [0, 0.1) is 5.92 Å². The molecule has 0 saturated heterocycles. The summed E-state index contributed by atoms with van der Waals surface area (Å²) in [6, 6.07) is 2.51. The fourth-order valence-electron chi connectivity index (χ4n) is 2.71. The zero-order chi connectivity index (χ0) is 13.8. The van der Waals surface area contributed by atoms with E-state index >= 15 is 0 Å². The Bertz CT molecular complexity index is 390. The van der Waals surface area contributed by atoms with Crippen LogP contribution < -0.4 is 16.2 Å². The third-order valence-electron chi connectivity index (χ3n) is 4.12. The van der Waals surface area contributed by atoms with Crippen molar-refractivity contribution in [3.8, 4) is 0 Å².